The van der Waals surface area contributed by atoms with Gasteiger partial charge in [0.25, 0.3) is 0 Å². The molecule has 2 rings (SSSR count). The van der Waals surface area contributed by atoms with E-state index >= 15 is 0 Å². The summed E-state index contributed by atoms with van der Waals surface area (Å²) in [6, 6.07) is 1.71. The average molecular weight is 251 g/mol. The van der Waals surface area contributed by atoms with E-state index in [2.05, 4.69) is 10.4 Å². The van der Waals surface area contributed by atoms with Gasteiger partial charge in [-0.2, -0.15) is 5.10 Å². The van der Waals surface area contributed by atoms with Crippen LogP contribution < -0.4 is 11.1 Å². The molecule has 0 radical (unpaired) electrons. The number of imide groups is 1. The summed E-state index contributed by atoms with van der Waals surface area (Å²) in [5.74, 6) is -0.0697. The van der Waals surface area contributed by atoms with Gasteiger partial charge in [0.2, 0.25) is 11.8 Å². The first kappa shape index (κ1) is 12.6. The first-order valence-electron chi connectivity index (χ1n) is 5.78. The van der Waals surface area contributed by atoms with Crippen molar-refractivity contribution in [2.24, 2.45) is 0 Å². The molecule has 1 fully saturated rings. The maximum Gasteiger partial charge on any atom is 0.246 e. The second kappa shape index (κ2) is 4.41. The molecule has 0 unspecified atom stereocenters. The number of aromatic nitrogens is 2. The zero-order valence-corrected chi connectivity index (χ0v) is 10.5. The summed E-state index contributed by atoms with van der Waals surface area (Å²) in [4.78, 5) is 24.9. The van der Waals surface area contributed by atoms with Crippen LogP contribution in [-0.4, -0.2) is 45.1 Å². The molecule has 2 amide bonds. The third-order valence-electron chi connectivity index (χ3n) is 3.19. The second-order valence-corrected chi connectivity index (χ2v) is 4.86. The summed E-state index contributed by atoms with van der Waals surface area (Å²) in [6.45, 7) is 4.96. The van der Waals surface area contributed by atoms with Gasteiger partial charge >= 0.3 is 0 Å². The Hall–Kier alpha value is -1.89. The molecule has 1 aliphatic rings. The van der Waals surface area contributed by atoms with E-state index in [1.54, 1.807) is 30.8 Å². The van der Waals surface area contributed by atoms with Crippen LogP contribution in [0.3, 0.4) is 0 Å². The number of anilines is 1. The zero-order chi connectivity index (χ0) is 13.3. The van der Waals surface area contributed by atoms with Crippen molar-refractivity contribution in [2.75, 3.05) is 18.8 Å². The van der Waals surface area contributed by atoms with Crippen molar-refractivity contribution < 1.29 is 9.59 Å². The van der Waals surface area contributed by atoms with E-state index < -0.39 is 5.54 Å². The number of nitrogens with zero attached hydrogens (tertiary/aromatic N) is 3. The fraction of sp³-hybridized carbons (Fsp3) is 0.545. The Bertz CT molecular complexity index is 480. The summed E-state index contributed by atoms with van der Waals surface area (Å²) < 4.78 is 1.70. The molecule has 0 bridgehead atoms. The predicted molar refractivity (Wildman–Crippen MR) is 65.4 cm³/mol. The van der Waals surface area contributed by atoms with Crippen LogP contribution in [0.1, 0.15) is 13.8 Å². The Morgan fingerprint density at radius 3 is 2.78 bits per heavy atom. The van der Waals surface area contributed by atoms with Crippen LogP contribution >= 0.6 is 0 Å². The largest absolute Gasteiger partial charge is 0.382 e. The fourth-order valence-electron chi connectivity index (χ4n) is 1.92. The van der Waals surface area contributed by atoms with Gasteiger partial charge in [0, 0.05) is 12.7 Å². The predicted octanol–water partition coefficient (Wildman–Crippen LogP) is -0.798. The SMILES string of the molecule is CC1(C)C(=O)NC(=O)CN1CCn1ccc(N)n1. The van der Waals surface area contributed by atoms with Gasteiger partial charge in [-0.25, -0.2) is 0 Å². The average Bonchev–Trinajstić information content (AvgIpc) is 2.68. The molecule has 1 aliphatic heterocycles. The van der Waals surface area contributed by atoms with Gasteiger partial charge in [-0.1, -0.05) is 0 Å². The quantitative estimate of drug-likeness (QED) is 0.686. The second-order valence-electron chi connectivity index (χ2n) is 4.86. The highest BCUT2D eigenvalue weighted by Crippen LogP contribution is 2.17. The third-order valence-corrected chi connectivity index (χ3v) is 3.19. The van der Waals surface area contributed by atoms with Crippen LogP contribution in [0.5, 0.6) is 0 Å². The normalized spacial score (nSPS) is 19.9. The fourth-order valence-corrected chi connectivity index (χ4v) is 1.92. The van der Waals surface area contributed by atoms with Crippen molar-refractivity contribution in [1.29, 1.82) is 0 Å². The van der Waals surface area contributed by atoms with Gasteiger partial charge in [-0.3, -0.25) is 24.5 Å². The van der Waals surface area contributed by atoms with E-state index in [-0.39, 0.29) is 18.4 Å². The lowest BCUT2D eigenvalue weighted by molar-refractivity contribution is -0.145. The highest BCUT2D eigenvalue weighted by atomic mass is 16.2. The van der Waals surface area contributed by atoms with Crippen LogP contribution in [0.2, 0.25) is 0 Å². The highest BCUT2D eigenvalue weighted by Gasteiger charge is 2.40. The monoisotopic (exact) mass is 251 g/mol. The molecule has 1 aromatic heterocycles. The molecular formula is C11H17N5O2. The minimum atomic E-state index is -0.688. The number of carbonyl (C=O) groups is 2. The van der Waals surface area contributed by atoms with Crippen molar-refractivity contribution in [2.45, 2.75) is 25.9 Å². The van der Waals surface area contributed by atoms with Gasteiger partial charge < -0.3 is 5.73 Å². The first-order chi connectivity index (χ1) is 8.39. The van der Waals surface area contributed by atoms with Gasteiger partial charge in [-0.05, 0) is 19.9 Å². The Balaban J connectivity index is 2.02. The summed E-state index contributed by atoms with van der Waals surface area (Å²) in [7, 11) is 0. The molecule has 0 spiro atoms. The van der Waals surface area contributed by atoms with Crippen molar-refractivity contribution in [3.05, 3.63) is 12.3 Å². The highest BCUT2D eigenvalue weighted by molar-refractivity contribution is 6.02. The molecule has 0 aliphatic carbocycles. The number of piperazine rings is 1. The molecular weight excluding hydrogens is 234 g/mol. The topological polar surface area (TPSA) is 93.2 Å². The van der Waals surface area contributed by atoms with Gasteiger partial charge in [0.15, 0.2) is 0 Å². The molecule has 3 N–H and O–H groups in total. The Morgan fingerprint density at radius 1 is 1.44 bits per heavy atom. The number of hydrogen-bond donors (Lipinski definition) is 2. The maximum absolute atomic E-state index is 11.7. The van der Waals surface area contributed by atoms with Crippen molar-refractivity contribution in [3.63, 3.8) is 0 Å². The van der Waals surface area contributed by atoms with Crippen molar-refractivity contribution >= 4 is 17.6 Å². The van der Waals surface area contributed by atoms with E-state index in [0.717, 1.165) is 0 Å². The molecule has 0 saturated carbocycles. The summed E-state index contributed by atoms with van der Waals surface area (Å²) in [5.41, 5.74) is 4.83. The Morgan fingerprint density at radius 2 is 2.17 bits per heavy atom. The molecule has 7 heteroatoms. The van der Waals surface area contributed by atoms with E-state index in [0.29, 0.717) is 18.9 Å². The molecule has 2 heterocycles. The number of amides is 2. The maximum atomic E-state index is 11.7. The standard InChI is InChI=1S/C11H17N5O2/c1-11(2)10(18)13-9(17)7-15(11)5-6-16-4-3-8(12)14-16/h3-4H,5-7H2,1-2H3,(H2,12,14)(H,13,17,18). The Labute approximate surface area is 105 Å². The summed E-state index contributed by atoms with van der Waals surface area (Å²) >= 11 is 0. The van der Waals surface area contributed by atoms with Crippen LogP contribution in [0.25, 0.3) is 0 Å². The number of nitrogen functional groups attached to an aromatic ring is 1. The molecule has 98 valence electrons. The Kier molecular flexibility index (Phi) is 3.08. The van der Waals surface area contributed by atoms with Crippen LogP contribution in [-0.2, 0) is 16.1 Å². The van der Waals surface area contributed by atoms with Gasteiger partial charge in [-0.15, -0.1) is 0 Å². The van der Waals surface area contributed by atoms with Crippen LogP contribution in [0.15, 0.2) is 12.3 Å². The summed E-state index contributed by atoms with van der Waals surface area (Å²) in [5, 5.41) is 6.40. The molecule has 18 heavy (non-hydrogen) atoms. The minimum absolute atomic E-state index is 0.218. The first-order valence-corrected chi connectivity index (χ1v) is 5.78. The third kappa shape index (κ3) is 2.35. The number of carbonyl (C=O) groups excluding carboxylic acids is 2. The molecule has 0 aromatic carbocycles. The van der Waals surface area contributed by atoms with Crippen molar-refractivity contribution in [3.8, 4) is 0 Å². The lowest BCUT2D eigenvalue weighted by Gasteiger charge is -2.40. The van der Waals surface area contributed by atoms with E-state index in [9.17, 15) is 9.59 Å². The van der Waals surface area contributed by atoms with E-state index in [4.69, 9.17) is 5.73 Å². The molecule has 7 nitrogen and oxygen atoms in total. The van der Waals surface area contributed by atoms with E-state index in [1.165, 1.54) is 0 Å². The van der Waals surface area contributed by atoms with Crippen LogP contribution in [0.4, 0.5) is 5.82 Å². The van der Waals surface area contributed by atoms with E-state index in [1.807, 2.05) is 4.90 Å². The lowest BCUT2D eigenvalue weighted by atomic mass is 9.99. The zero-order valence-electron chi connectivity index (χ0n) is 10.5. The number of nitrogens with two attached hydrogens (primary N) is 1. The lowest BCUT2D eigenvalue weighted by Crippen LogP contribution is -2.64. The van der Waals surface area contributed by atoms with Crippen molar-refractivity contribution in [1.82, 2.24) is 20.0 Å². The number of nitrogens with one attached hydrogen (secondary N) is 1. The van der Waals surface area contributed by atoms with Gasteiger partial charge in [0.1, 0.15) is 5.82 Å². The van der Waals surface area contributed by atoms with Crippen LogP contribution in [0, 0.1) is 0 Å². The number of rotatable bonds is 3. The molecule has 0 atom stereocenters. The molecule has 1 aromatic rings. The van der Waals surface area contributed by atoms with Gasteiger partial charge in [0.05, 0.1) is 18.6 Å². The summed E-state index contributed by atoms with van der Waals surface area (Å²) in [6.07, 6.45) is 1.77. The smallest absolute Gasteiger partial charge is 0.246 e. The minimum Gasteiger partial charge on any atom is -0.382 e. The molecule has 1 saturated heterocycles. The number of hydrogen-bond acceptors (Lipinski definition) is 5.